The van der Waals surface area contributed by atoms with Gasteiger partial charge in [0.15, 0.2) is 11.5 Å². The molecule has 0 saturated heterocycles. The fourth-order valence-corrected chi connectivity index (χ4v) is 3.61. The quantitative estimate of drug-likeness (QED) is 0.646. The number of aromatic nitrogens is 2. The molecule has 6 nitrogen and oxygen atoms in total. The van der Waals surface area contributed by atoms with Gasteiger partial charge in [-0.1, -0.05) is 42.2 Å². The molecule has 1 amide bonds. The summed E-state index contributed by atoms with van der Waals surface area (Å²) in [6.07, 6.45) is 2.43. The summed E-state index contributed by atoms with van der Waals surface area (Å²) in [5.41, 5.74) is 3.15. The molecule has 0 bridgehead atoms. The van der Waals surface area contributed by atoms with E-state index in [0.717, 1.165) is 29.1 Å². The van der Waals surface area contributed by atoms with E-state index < -0.39 is 0 Å². The van der Waals surface area contributed by atoms with E-state index in [2.05, 4.69) is 42.2 Å². The highest BCUT2D eigenvalue weighted by Gasteiger charge is 2.32. The van der Waals surface area contributed by atoms with Crippen molar-refractivity contribution >= 4 is 5.91 Å². The third-order valence-electron chi connectivity index (χ3n) is 5.07. The van der Waals surface area contributed by atoms with Crippen LogP contribution in [0.1, 0.15) is 35.5 Å². The lowest BCUT2D eigenvalue weighted by atomic mass is 10.0. The largest absolute Gasteiger partial charge is 0.483 e. The Morgan fingerprint density at radius 2 is 2.00 bits per heavy atom. The molecule has 0 saturated carbocycles. The van der Waals surface area contributed by atoms with Crippen LogP contribution in [0.5, 0.6) is 11.5 Å². The summed E-state index contributed by atoms with van der Waals surface area (Å²) in [5.74, 6) is 7.15. The number of carbonyl (C=O) groups excluding carboxylic acids is 1. The second-order valence-electron chi connectivity index (χ2n) is 8.00. The summed E-state index contributed by atoms with van der Waals surface area (Å²) in [6, 6.07) is 15.6. The number of carbonyl (C=O) groups is 1. The highest BCUT2D eigenvalue weighted by atomic mass is 16.5. The molecule has 0 radical (unpaired) electrons. The molecule has 0 unspecified atom stereocenters. The number of hydrogen-bond acceptors (Lipinski definition) is 4. The molecule has 6 heteroatoms. The van der Waals surface area contributed by atoms with Gasteiger partial charge in [0.25, 0.3) is 5.91 Å². The van der Waals surface area contributed by atoms with Crippen molar-refractivity contribution in [2.24, 2.45) is 0 Å². The van der Waals surface area contributed by atoms with Crippen molar-refractivity contribution in [1.29, 1.82) is 0 Å². The number of ether oxygens (including phenoxy) is 2. The van der Waals surface area contributed by atoms with Gasteiger partial charge in [0, 0.05) is 12.0 Å². The molecule has 0 spiro atoms. The topological polar surface area (TPSA) is 65.4 Å². The number of nitrogens with zero attached hydrogens (tertiary/aromatic N) is 2. The Balaban J connectivity index is 1.30. The summed E-state index contributed by atoms with van der Waals surface area (Å²) in [5, 5.41) is 7.13. The Morgan fingerprint density at radius 3 is 2.81 bits per heavy atom. The van der Waals surface area contributed by atoms with E-state index in [0.29, 0.717) is 11.3 Å². The van der Waals surface area contributed by atoms with Gasteiger partial charge in [-0.05, 0) is 39.0 Å². The van der Waals surface area contributed by atoms with Crippen LogP contribution in [0.2, 0.25) is 0 Å². The molecule has 0 aliphatic carbocycles. The summed E-state index contributed by atoms with van der Waals surface area (Å²) < 4.78 is 13.5. The van der Waals surface area contributed by atoms with Crippen LogP contribution in [0.25, 0.3) is 5.69 Å². The summed E-state index contributed by atoms with van der Waals surface area (Å²) in [6.45, 7) is 6.45. The highest BCUT2D eigenvalue weighted by Crippen LogP contribution is 2.41. The SMILES string of the molecule is Cc1c(C(=O)NCC#CCOc2cccc3c2OC(C)(C)C3)cnn1-c1ccccc1. The molecule has 1 aliphatic rings. The van der Waals surface area contributed by atoms with Crippen molar-refractivity contribution < 1.29 is 14.3 Å². The predicted octanol–water partition coefficient (Wildman–Crippen LogP) is 3.71. The smallest absolute Gasteiger partial charge is 0.255 e. The van der Waals surface area contributed by atoms with Crippen molar-refractivity contribution in [3.05, 3.63) is 71.5 Å². The average molecular weight is 415 g/mol. The normalized spacial score (nSPS) is 13.5. The lowest BCUT2D eigenvalue weighted by Crippen LogP contribution is -2.24. The van der Waals surface area contributed by atoms with Crippen molar-refractivity contribution in [2.45, 2.75) is 32.8 Å². The zero-order valence-electron chi connectivity index (χ0n) is 17.9. The van der Waals surface area contributed by atoms with Gasteiger partial charge in [-0.2, -0.15) is 5.10 Å². The van der Waals surface area contributed by atoms with Gasteiger partial charge in [0.2, 0.25) is 0 Å². The molecule has 1 aliphatic heterocycles. The summed E-state index contributed by atoms with van der Waals surface area (Å²) >= 11 is 0. The Hall–Kier alpha value is -3.72. The molecular formula is C25H25N3O3. The van der Waals surface area contributed by atoms with Crippen molar-refractivity contribution in [1.82, 2.24) is 15.1 Å². The zero-order chi connectivity index (χ0) is 21.8. The fourth-order valence-electron chi connectivity index (χ4n) is 3.61. The first-order valence-electron chi connectivity index (χ1n) is 10.2. The molecule has 0 atom stereocenters. The van der Waals surface area contributed by atoms with Gasteiger partial charge in [-0.3, -0.25) is 4.79 Å². The third-order valence-corrected chi connectivity index (χ3v) is 5.07. The van der Waals surface area contributed by atoms with Crippen LogP contribution < -0.4 is 14.8 Å². The number of fused-ring (bicyclic) bond motifs is 1. The Morgan fingerprint density at radius 1 is 1.19 bits per heavy atom. The van der Waals surface area contributed by atoms with Crippen LogP contribution in [0.15, 0.2) is 54.7 Å². The number of amides is 1. The van der Waals surface area contributed by atoms with Gasteiger partial charge >= 0.3 is 0 Å². The summed E-state index contributed by atoms with van der Waals surface area (Å²) in [4.78, 5) is 12.5. The number of rotatable bonds is 5. The minimum absolute atomic E-state index is 0.202. The molecule has 4 rings (SSSR count). The van der Waals surface area contributed by atoms with E-state index >= 15 is 0 Å². The highest BCUT2D eigenvalue weighted by molar-refractivity contribution is 5.95. The molecule has 31 heavy (non-hydrogen) atoms. The zero-order valence-corrected chi connectivity index (χ0v) is 17.9. The van der Waals surface area contributed by atoms with E-state index in [1.165, 1.54) is 0 Å². The number of hydrogen-bond donors (Lipinski definition) is 1. The lowest BCUT2D eigenvalue weighted by molar-refractivity contribution is 0.0958. The first-order valence-corrected chi connectivity index (χ1v) is 10.2. The first-order chi connectivity index (χ1) is 14.9. The van der Waals surface area contributed by atoms with E-state index in [-0.39, 0.29) is 24.7 Å². The molecule has 1 N–H and O–H groups in total. The minimum atomic E-state index is -0.218. The molecule has 0 fully saturated rings. The summed E-state index contributed by atoms with van der Waals surface area (Å²) in [7, 11) is 0. The maximum Gasteiger partial charge on any atom is 0.255 e. The van der Waals surface area contributed by atoms with Crippen LogP contribution in [0.3, 0.4) is 0 Å². The lowest BCUT2D eigenvalue weighted by Gasteiger charge is -2.17. The third kappa shape index (κ3) is 4.56. The maximum absolute atomic E-state index is 12.5. The second-order valence-corrected chi connectivity index (χ2v) is 8.00. The van der Waals surface area contributed by atoms with Crippen molar-refractivity contribution in [3.63, 3.8) is 0 Å². The predicted molar refractivity (Wildman–Crippen MR) is 119 cm³/mol. The Bertz CT molecular complexity index is 1150. The van der Waals surface area contributed by atoms with Gasteiger partial charge in [0.1, 0.15) is 12.2 Å². The Labute approximate surface area is 182 Å². The number of nitrogens with one attached hydrogen (secondary N) is 1. The molecule has 3 aromatic rings. The van der Waals surface area contributed by atoms with Crippen molar-refractivity contribution in [3.8, 4) is 29.0 Å². The van der Waals surface area contributed by atoms with Crippen LogP contribution in [0.4, 0.5) is 0 Å². The van der Waals surface area contributed by atoms with Gasteiger partial charge in [0.05, 0.1) is 29.7 Å². The van der Waals surface area contributed by atoms with Crippen LogP contribution >= 0.6 is 0 Å². The molecule has 158 valence electrons. The van der Waals surface area contributed by atoms with Crippen LogP contribution in [0, 0.1) is 18.8 Å². The average Bonchev–Trinajstić information content (AvgIpc) is 3.29. The molecular weight excluding hydrogens is 390 g/mol. The maximum atomic E-state index is 12.5. The van der Waals surface area contributed by atoms with Gasteiger partial charge in [-0.25, -0.2) is 4.68 Å². The van der Waals surface area contributed by atoms with E-state index in [1.807, 2.05) is 49.4 Å². The van der Waals surface area contributed by atoms with Gasteiger partial charge in [-0.15, -0.1) is 0 Å². The molecule has 1 aromatic heterocycles. The monoisotopic (exact) mass is 415 g/mol. The standard InChI is InChI=1S/C25H25N3O3/c1-18-21(17-27-28(18)20-11-5-4-6-12-20)24(29)26-14-7-8-15-30-22-13-9-10-19-16-25(2,3)31-23(19)22/h4-6,9-13,17H,14-16H2,1-3H3,(H,26,29). The number of para-hydroxylation sites is 2. The second kappa shape index (κ2) is 8.57. The van der Waals surface area contributed by atoms with E-state index in [1.54, 1.807) is 10.9 Å². The number of benzene rings is 2. The van der Waals surface area contributed by atoms with Crippen LogP contribution in [-0.2, 0) is 6.42 Å². The van der Waals surface area contributed by atoms with Crippen LogP contribution in [-0.4, -0.2) is 34.4 Å². The molecule has 2 heterocycles. The first kappa shape index (κ1) is 20.5. The van der Waals surface area contributed by atoms with Gasteiger partial charge < -0.3 is 14.8 Å². The van der Waals surface area contributed by atoms with E-state index in [4.69, 9.17) is 9.47 Å². The van der Waals surface area contributed by atoms with Crippen molar-refractivity contribution in [2.75, 3.05) is 13.2 Å². The molecule has 2 aromatic carbocycles. The Kier molecular flexibility index (Phi) is 5.68. The minimum Gasteiger partial charge on any atom is -0.483 e. The fraction of sp³-hybridized carbons (Fsp3) is 0.280. The van der Waals surface area contributed by atoms with E-state index in [9.17, 15) is 4.79 Å².